The van der Waals surface area contributed by atoms with Crippen LogP contribution in [0.25, 0.3) is 0 Å². The highest BCUT2D eigenvalue weighted by Crippen LogP contribution is 1.91. The van der Waals surface area contributed by atoms with Gasteiger partial charge >= 0.3 is 0 Å². The van der Waals surface area contributed by atoms with Gasteiger partial charge in [0.15, 0.2) is 0 Å². The Balaban J connectivity index is 3.05. The number of nitrogen functional groups attached to an aromatic ring is 1. The molecular formula is C3H3N2O. The number of nitrogens with two attached hydrogens (primary N) is 1. The zero-order valence-corrected chi connectivity index (χ0v) is 3.01. The third-order valence-electron chi connectivity index (χ3n) is 0.411. The summed E-state index contributed by atoms with van der Waals surface area (Å²) >= 11 is 0. The minimum absolute atomic E-state index is 0.231. The molecule has 0 bridgehead atoms. The first kappa shape index (κ1) is 3.21. The minimum Gasteiger partial charge on any atom is -0.367 e. The van der Waals surface area contributed by atoms with Gasteiger partial charge in [0.05, 0.1) is 12.3 Å². The van der Waals surface area contributed by atoms with Crippen LogP contribution in [0.2, 0.25) is 0 Å². The summed E-state index contributed by atoms with van der Waals surface area (Å²) in [6, 6.07) is 2.50. The highest BCUT2D eigenvalue weighted by molar-refractivity contribution is 5.15. The highest BCUT2D eigenvalue weighted by atomic mass is 16.5. The van der Waals surface area contributed by atoms with Crippen molar-refractivity contribution in [3.05, 3.63) is 12.3 Å². The predicted molar refractivity (Wildman–Crippen MR) is 19.8 cm³/mol. The maximum atomic E-state index is 4.99. The Labute approximate surface area is 34.7 Å². The summed E-state index contributed by atoms with van der Waals surface area (Å²) in [5, 5.41) is 3.27. The quantitative estimate of drug-likeness (QED) is 0.482. The lowest BCUT2D eigenvalue weighted by Gasteiger charge is -1.66. The van der Waals surface area contributed by atoms with E-state index in [2.05, 4.69) is 15.7 Å². The lowest BCUT2D eigenvalue weighted by atomic mass is 10.7. The van der Waals surface area contributed by atoms with Crippen LogP contribution in [-0.2, 0) is 0 Å². The number of hydrogen-bond donors (Lipinski definition) is 1. The first-order valence-electron chi connectivity index (χ1n) is 1.47. The third kappa shape index (κ3) is 0.337. The van der Waals surface area contributed by atoms with E-state index in [0.29, 0.717) is 0 Å². The Hall–Kier alpha value is -0.990. The highest BCUT2D eigenvalue weighted by Gasteiger charge is 1.80. The van der Waals surface area contributed by atoms with E-state index in [-0.39, 0.29) is 5.88 Å². The largest absolute Gasteiger partial charge is 0.367 e. The van der Waals surface area contributed by atoms with Crippen LogP contribution in [0.5, 0.6) is 0 Å². The van der Waals surface area contributed by atoms with E-state index in [1.54, 1.807) is 0 Å². The van der Waals surface area contributed by atoms with Gasteiger partial charge in [0.2, 0.25) is 5.88 Å². The molecule has 1 aromatic rings. The Morgan fingerprint density at radius 1 is 2.00 bits per heavy atom. The molecule has 3 heteroatoms. The number of rotatable bonds is 0. The summed E-state index contributed by atoms with van der Waals surface area (Å²) in [5.74, 6) is 0.231. The molecule has 6 heavy (non-hydrogen) atoms. The number of aromatic nitrogens is 1. The third-order valence-corrected chi connectivity index (χ3v) is 0.411. The molecule has 0 aromatic carbocycles. The molecule has 0 fully saturated rings. The van der Waals surface area contributed by atoms with Crippen molar-refractivity contribution in [2.45, 2.75) is 0 Å². The van der Waals surface area contributed by atoms with Crippen LogP contribution < -0.4 is 5.73 Å². The fourth-order valence-corrected chi connectivity index (χ4v) is 0.199. The van der Waals surface area contributed by atoms with Crippen molar-refractivity contribution in [3.63, 3.8) is 0 Å². The van der Waals surface area contributed by atoms with Crippen LogP contribution in [0.15, 0.2) is 10.7 Å². The van der Waals surface area contributed by atoms with E-state index < -0.39 is 0 Å². The molecule has 2 N–H and O–H groups in total. The zero-order valence-electron chi connectivity index (χ0n) is 3.01. The molecule has 3 nitrogen and oxygen atoms in total. The van der Waals surface area contributed by atoms with Crippen LogP contribution >= 0.6 is 0 Å². The first-order chi connectivity index (χ1) is 2.89. The van der Waals surface area contributed by atoms with Crippen LogP contribution in [0.4, 0.5) is 5.88 Å². The Bertz CT molecular complexity index is 112. The van der Waals surface area contributed by atoms with E-state index in [4.69, 9.17) is 5.73 Å². The molecule has 0 saturated heterocycles. The molecule has 0 atom stereocenters. The predicted octanol–water partition coefficient (Wildman–Crippen LogP) is 0.0570. The number of hydrogen-bond acceptors (Lipinski definition) is 3. The van der Waals surface area contributed by atoms with Gasteiger partial charge in [-0.3, -0.25) is 0 Å². The Kier molecular flexibility index (Phi) is 0.538. The summed E-state index contributed by atoms with van der Waals surface area (Å²) in [4.78, 5) is 0. The van der Waals surface area contributed by atoms with Crippen molar-refractivity contribution < 1.29 is 4.52 Å². The van der Waals surface area contributed by atoms with Gasteiger partial charge in [0.25, 0.3) is 0 Å². The Morgan fingerprint density at radius 3 is 3.00 bits per heavy atom. The van der Waals surface area contributed by atoms with Crippen molar-refractivity contribution in [1.29, 1.82) is 0 Å². The van der Waals surface area contributed by atoms with Crippen molar-refractivity contribution >= 4 is 5.88 Å². The molecule has 1 radical (unpaired) electrons. The van der Waals surface area contributed by atoms with Crippen LogP contribution in [0.1, 0.15) is 0 Å². The van der Waals surface area contributed by atoms with Gasteiger partial charge in [-0.05, 0) is 0 Å². The molecular weight excluding hydrogens is 80.0 g/mol. The maximum absolute atomic E-state index is 4.99. The molecule has 0 aliphatic heterocycles. The average molecular weight is 83.1 g/mol. The van der Waals surface area contributed by atoms with Gasteiger partial charge in [-0.1, -0.05) is 5.16 Å². The molecule has 0 aliphatic rings. The van der Waals surface area contributed by atoms with Gasteiger partial charge in [0, 0.05) is 0 Å². The minimum atomic E-state index is 0.231. The second-order valence-corrected chi connectivity index (χ2v) is 0.834. The van der Waals surface area contributed by atoms with Gasteiger partial charge in [-0.15, -0.1) is 0 Å². The van der Waals surface area contributed by atoms with E-state index in [1.807, 2.05) is 0 Å². The first-order valence-corrected chi connectivity index (χ1v) is 1.47. The summed E-state index contributed by atoms with van der Waals surface area (Å²) in [6.07, 6.45) is 1.37. The van der Waals surface area contributed by atoms with Gasteiger partial charge in [0.1, 0.15) is 0 Å². The molecule has 31 valence electrons. The normalized spacial score (nSPS) is 8.67. The number of nitrogens with zero attached hydrogens (tertiary/aromatic N) is 1. The SMILES string of the molecule is Nc1[c]cno1. The van der Waals surface area contributed by atoms with E-state index in [9.17, 15) is 0 Å². The summed E-state index contributed by atoms with van der Waals surface area (Å²) in [7, 11) is 0. The zero-order chi connectivity index (χ0) is 4.41. The second-order valence-electron chi connectivity index (χ2n) is 0.834. The molecule has 0 amide bonds. The number of anilines is 1. The summed E-state index contributed by atoms with van der Waals surface area (Å²) in [6.45, 7) is 0. The van der Waals surface area contributed by atoms with Gasteiger partial charge in [-0.25, -0.2) is 0 Å². The lowest BCUT2D eigenvalue weighted by Crippen LogP contribution is -1.75. The topological polar surface area (TPSA) is 52.0 Å². The van der Waals surface area contributed by atoms with Crippen molar-refractivity contribution in [3.8, 4) is 0 Å². The fraction of sp³-hybridized carbons (Fsp3) is 0. The summed E-state index contributed by atoms with van der Waals surface area (Å²) < 4.78 is 4.31. The smallest absolute Gasteiger partial charge is 0.230 e. The fourth-order valence-electron chi connectivity index (χ4n) is 0.199. The second kappa shape index (κ2) is 1.01. The van der Waals surface area contributed by atoms with Crippen molar-refractivity contribution in [1.82, 2.24) is 5.16 Å². The van der Waals surface area contributed by atoms with Gasteiger partial charge < -0.3 is 10.3 Å². The molecule has 1 aromatic heterocycles. The molecule has 0 aliphatic carbocycles. The summed E-state index contributed by atoms with van der Waals surface area (Å²) in [5.41, 5.74) is 4.99. The van der Waals surface area contributed by atoms with Crippen LogP contribution in [0, 0.1) is 6.07 Å². The lowest BCUT2D eigenvalue weighted by molar-refractivity contribution is 0.436. The van der Waals surface area contributed by atoms with E-state index in [0.717, 1.165) is 0 Å². The molecule has 1 heterocycles. The standard InChI is InChI=1S/C3H3N2O/c4-3-1-2-5-6-3/h2H,4H2. The molecule has 0 spiro atoms. The van der Waals surface area contributed by atoms with Crippen LogP contribution in [-0.4, -0.2) is 5.16 Å². The van der Waals surface area contributed by atoms with E-state index in [1.165, 1.54) is 6.20 Å². The van der Waals surface area contributed by atoms with Crippen molar-refractivity contribution in [2.24, 2.45) is 0 Å². The van der Waals surface area contributed by atoms with Crippen molar-refractivity contribution in [2.75, 3.05) is 5.73 Å². The van der Waals surface area contributed by atoms with Gasteiger partial charge in [-0.2, -0.15) is 0 Å². The Morgan fingerprint density at radius 2 is 2.83 bits per heavy atom. The monoisotopic (exact) mass is 83.0 g/mol. The average Bonchev–Trinajstić information content (AvgIpc) is 1.86. The molecule has 0 unspecified atom stereocenters. The molecule has 1 rings (SSSR count). The van der Waals surface area contributed by atoms with E-state index >= 15 is 0 Å². The molecule has 0 saturated carbocycles. The van der Waals surface area contributed by atoms with Crippen LogP contribution in [0.3, 0.4) is 0 Å². The maximum Gasteiger partial charge on any atom is 0.230 e.